The number of fused-ring (bicyclic) bond motifs is 1. The minimum Gasteiger partial charge on any atom is -0.265 e. The lowest BCUT2D eigenvalue weighted by Gasteiger charge is -1.97. The molecule has 0 atom stereocenters. The fraction of sp³-hybridized carbons (Fsp3) is 0.222. The second-order valence-corrected chi connectivity index (χ2v) is 5.13. The molecule has 0 aliphatic carbocycles. The SMILES string of the molecule is Cc1cc2sc(=O)sc2cc1C. The number of hydrogen-bond donors (Lipinski definition) is 0. The number of hydrogen-bond acceptors (Lipinski definition) is 3. The highest BCUT2D eigenvalue weighted by Crippen LogP contribution is 2.24. The Morgan fingerprint density at radius 1 is 1.00 bits per heavy atom. The van der Waals surface area contributed by atoms with Crippen molar-refractivity contribution in [2.24, 2.45) is 0 Å². The maximum atomic E-state index is 11.0. The molecule has 0 bridgehead atoms. The Balaban J connectivity index is 2.92. The standard InChI is InChI=1S/C9H8OS2/c1-5-3-7-8(4-6(5)2)12-9(10)11-7/h3-4H,1-2H3. The van der Waals surface area contributed by atoms with Gasteiger partial charge in [0, 0.05) is 9.40 Å². The van der Waals surface area contributed by atoms with Crippen LogP contribution in [-0.2, 0) is 0 Å². The molecule has 2 aromatic rings. The minimum atomic E-state index is 0.190. The van der Waals surface area contributed by atoms with Crippen molar-refractivity contribution >= 4 is 32.1 Å². The third kappa shape index (κ3) is 1.19. The van der Waals surface area contributed by atoms with E-state index in [1.54, 1.807) is 0 Å². The van der Waals surface area contributed by atoms with Gasteiger partial charge in [-0.1, -0.05) is 22.7 Å². The molecule has 12 heavy (non-hydrogen) atoms. The van der Waals surface area contributed by atoms with Crippen LogP contribution in [0.4, 0.5) is 0 Å². The average Bonchev–Trinajstić information content (AvgIpc) is 2.30. The van der Waals surface area contributed by atoms with E-state index in [9.17, 15) is 4.79 Å². The first kappa shape index (κ1) is 7.95. The Morgan fingerprint density at radius 3 is 1.83 bits per heavy atom. The van der Waals surface area contributed by atoms with Crippen LogP contribution < -0.4 is 4.06 Å². The Morgan fingerprint density at radius 2 is 1.42 bits per heavy atom. The normalized spacial score (nSPS) is 10.8. The molecule has 1 aromatic heterocycles. The predicted molar refractivity (Wildman–Crippen MR) is 55.4 cm³/mol. The molecular weight excluding hydrogens is 188 g/mol. The van der Waals surface area contributed by atoms with Gasteiger partial charge in [-0.25, -0.2) is 0 Å². The number of rotatable bonds is 0. The van der Waals surface area contributed by atoms with Gasteiger partial charge in [-0.05, 0) is 37.1 Å². The molecule has 0 saturated carbocycles. The predicted octanol–water partition coefficient (Wildman–Crippen LogP) is 2.94. The van der Waals surface area contributed by atoms with Crippen LogP contribution in [0.2, 0.25) is 0 Å². The first-order valence-electron chi connectivity index (χ1n) is 3.68. The molecule has 1 nitrogen and oxygen atoms in total. The van der Waals surface area contributed by atoms with E-state index in [0.717, 1.165) is 9.40 Å². The smallest absolute Gasteiger partial charge is 0.265 e. The zero-order valence-corrected chi connectivity index (χ0v) is 8.51. The molecule has 3 heteroatoms. The van der Waals surface area contributed by atoms with Crippen LogP contribution in [0.3, 0.4) is 0 Å². The van der Waals surface area contributed by atoms with E-state index >= 15 is 0 Å². The van der Waals surface area contributed by atoms with Gasteiger partial charge < -0.3 is 0 Å². The van der Waals surface area contributed by atoms with Gasteiger partial charge in [0.1, 0.15) is 0 Å². The van der Waals surface area contributed by atoms with E-state index in [-0.39, 0.29) is 4.06 Å². The molecule has 0 spiro atoms. The summed E-state index contributed by atoms with van der Waals surface area (Å²) in [4.78, 5) is 11.0. The van der Waals surface area contributed by atoms with Crippen molar-refractivity contribution in [3.8, 4) is 0 Å². The quantitative estimate of drug-likeness (QED) is 0.633. The second kappa shape index (κ2) is 2.68. The van der Waals surface area contributed by atoms with E-state index in [1.165, 1.54) is 33.8 Å². The van der Waals surface area contributed by atoms with Crippen molar-refractivity contribution in [3.63, 3.8) is 0 Å². The molecule has 62 valence electrons. The van der Waals surface area contributed by atoms with Gasteiger partial charge in [0.05, 0.1) is 0 Å². The fourth-order valence-electron chi connectivity index (χ4n) is 1.12. The summed E-state index contributed by atoms with van der Waals surface area (Å²) in [5, 5.41) is 0. The Kier molecular flexibility index (Phi) is 1.77. The molecule has 1 heterocycles. The first-order valence-corrected chi connectivity index (χ1v) is 5.31. The van der Waals surface area contributed by atoms with Crippen molar-refractivity contribution in [2.75, 3.05) is 0 Å². The average molecular weight is 196 g/mol. The van der Waals surface area contributed by atoms with Gasteiger partial charge in [0.25, 0.3) is 4.06 Å². The van der Waals surface area contributed by atoms with Crippen LogP contribution in [0.15, 0.2) is 16.9 Å². The van der Waals surface area contributed by atoms with Crippen LogP contribution in [0.5, 0.6) is 0 Å². The Hall–Kier alpha value is -0.670. The summed E-state index contributed by atoms with van der Waals surface area (Å²) < 4.78 is 2.43. The Bertz CT molecular complexity index is 437. The van der Waals surface area contributed by atoms with E-state index < -0.39 is 0 Å². The van der Waals surface area contributed by atoms with E-state index in [4.69, 9.17) is 0 Å². The van der Waals surface area contributed by atoms with Crippen LogP contribution >= 0.6 is 22.7 Å². The van der Waals surface area contributed by atoms with Gasteiger partial charge >= 0.3 is 0 Å². The molecule has 0 amide bonds. The van der Waals surface area contributed by atoms with Crippen LogP contribution in [0.25, 0.3) is 9.40 Å². The molecule has 2 rings (SSSR count). The highest BCUT2D eigenvalue weighted by atomic mass is 32.2. The molecule has 0 unspecified atom stereocenters. The van der Waals surface area contributed by atoms with E-state index in [0.29, 0.717) is 0 Å². The summed E-state index contributed by atoms with van der Waals surface area (Å²) in [5.74, 6) is 0. The van der Waals surface area contributed by atoms with Crippen molar-refractivity contribution in [2.45, 2.75) is 13.8 Å². The van der Waals surface area contributed by atoms with Crippen molar-refractivity contribution in [3.05, 3.63) is 32.1 Å². The maximum absolute atomic E-state index is 11.0. The number of benzene rings is 1. The summed E-state index contributed by atoms with van der Waals surface area (Å²) in [5.41, 5.74) is 2.52. The van der Waals surface area contributed by atoms with Crippen molar-refractivity contribution < 1.29 is 0 Å². The first-order chi connectivity index (χ1) is 5.66. The number of aryl methyl sites for hydroxylation is 2. The van der Waals surface area contributed by atoms with Crippen molar-refractivity contribution in [1.82, 2.24) is 0 Å². The highest BCUT2D eigenvalue weighted by molar-refractivity contribution is 7.35. The van der Waals surface area contributed by atoms with E-state index in [2.05, 4.69) is 26.0 Å². The molecule has 0 saturated heterocycles. The van der Waals surface area contributed by atoms with E-state index in [1.807, 2.05) is 0 Å². The molecule has 0 radical (unpaired) electrons. The lowest BCUT2D eigenvalue weighted by molar-refractivity contribution is 1.37. The molecule has 0 fully saturated rings. The summed E-state index contributed by atoms with van der Waals surface area (Å²) in [7, 11) is 0. The molecule has 0 N–H and O–H groups in total. The largest absolute Gasteiger partial charge is 0.288 e. The monoisotopic (exact) mass is 196 g/mol. The van der Waals surface area contributed by atoms with Gasteiger partial charge in [-0.15, -0.1) is 0 Å². The molecule has 0 aliphatic rings. The topological polar surface area (TPSA) is 17.1 Å². The highest BCUT2D eigenvalue weighted by Gasteiger charge is 2.01. The zero-order valence-electron chi connectivity index (χ0n) is 6.88. The second-order valence-electron chi connectivity index (χ2n) is 2.84. The minimum absolute atomic E-state index is 0.190. The van der Waals surface area contributed by atoms with Crippen LogP contribution in [0.1, 0.15) is 11.1 Å². The van der Waals surface area contributed by atoms with Crippen LogP contribution in [0, 0.1) is 13.8 Å². The lowest BCUT2D eigenvalue weighted by atomic mass is 10.1. The van der Waals surface area contributed by atoms with Gasteiger partial charge in [0.15, 0.2) is 0 Å². The summed E-state index contributed by atoms with van der Waals surface area (Å²) in [6.45, 7) is 4.15. The fourth-order valence-corrected chi connectivity index (χ4v) is 3.23. The lowest BCUT2D eigenvalue weighted by Crippen LogP contribution is -1.76. The third-order valence-corrected chi connectivity index (χ3v) is 4.02. The molecule has 1 aromatic carbocycles. The maximum Gasteiger partial charge on any atom is 0.288 e. The summed E-state index contributed by atoms with van der Waals surface area (Å²) in [6, 6.07) is 4.18. The molecular formula is C9H8OS2. The van der Waals surface area contributed by atoms with Crippen LogP contribution in [-0.4, -0.2) is 0 Å². The summed E-state index contributed by atoms with van der Waals surface area (Å²) >= 11 is 2.68. The van der Waals surface area contributed by atoms with Gasteiger partial charge in [0.2, 0.25) is 0 Å². The Labute approximate surface area is 78.3 Å². The third-order valence-electron chi connectivity index (χ3n) is 1.95. The van der Waals surface area contributed by atoms with Gasteiger partial charge in [-0.3, -0.25) is 4.79 Å². The van der Waals surface area contributed by atoms with Crippen molar-refractivity contribution in [1.29, 1.82) is 0 Å². The molecule has 0 aliphatic heterocycles. The summed E-state index contributed by atoms with van der Waals surface area (Å²) in [6.07, 6.45) is 0. The van der Waals surface area contributed by atoms with Gasteiger partial charge in [-0.2, -0.15) is 0 Å². The zero-order chi connectivity index (χ0) is 8.72.